The Morgan fingerprint density at radius 3 is 2.74 bits per heavy atom. The molecule has 0 unspecified atom stereocenters. The Morgan fingerprint density at radius 2 is 2.04 bits per heavy atom. The van der Waals surface area contributed by atoms with Gasteiger partial charge >= 0.3 is 0 Å². The lowest BCUT2D eigenvalue weighted by Crippen LogP contribution is -2.38. The summed E-state index contributed by atoms with van der Waals surface area (Å²) in [5.41, 5.74) is 1.83. The number of pyridine rings is 1. The Morgan fingerprint density at radius 1 is 1.26 bits per heavy atom. The third-order valence-corrected chi connectivity index (χ3v) is 5.98. The van der Waals surface area contributed by atoms with Crippen molar-refractivity contribution < 1.29 is 17.6 Å². The molecule has 0 aliphatic carbocycles. The average Bonchev–Trinajstić information content (AvgIpc) is 2.68. The van der Waals surface area contributed by atoms with E-state index < -0.39 is 15.8 Å². The smallest absolute Gasteiger partial charge is 0.243 e. The minimum atomic E-state index is -3.72. The van der Waals surface area contributed by atoms with Gasteiger partial charge in [0.25, 0.3) is 0 Å². The van der Waals surface area contributed by atoms with Crippen molar-refractivity contribution in [1.82, 2.24) is 9.29 Å². The van der Waals surface area contributed by atoms with E-state index in [1.54, 1.807) is 12.1 Å². The Hall–Kier alpha value is -2.83. The van der Waals surface area contributed by atoms with Gasteiger partial charge in [0.1, 0.15) is 5.82 Å². The first kappa shape index (κ1) is 18.9. The molecule has 0 N–H and O–H groups in total. The Kier molecular flexibility index (Phi) is 5.78. The van der Waals surface area contributed by atoms with Crippen molar-refractivity contribution in [3.05, 3.63) is 59.7 Å². The van der Waals surface area contributed by atoms with Crippen LogP contribution >= 0.6 is 0 Å². The monoisotopic (exact) mass is 388 g/mol. The number of nitriles is 1. The third-order valence-electron chi connectivity index (χ3n) is 4.09. The fraction of sp³-hybridized carbons (Fsp3) is 0.278. The summed E-state index contributed by atoms with van der Waals surface area (Å²) in [6.07, 6.45) is 2.39. The highest BCUT2D eigenvalue weighted by molar-refractivity contribution is 7.89. The van der Waals surface area contributed by atoms with Crippen LogP contribution in [0.5, 0.6) is 0 Å². The van der Waals surface area contributed by atoms with Crippen LogP contribution in [0.2, 0.25) is 0 Å². The molecule has 0 spiro atoms. The molecular formula is C18H17FN4O3S. The number of hydrogen-bond acceptors (Lipinski definition) is 6. The summed E-state index contributed by atoms with van der Waals surface area (Å²) >= 11 is 0. The van der Waals surface area contributed by atoms with Crippen LogP contribution in [0, 0.1) is 17.1 Å². The van der Waals surface area contributed by atoms with E-state index in [2.05, 4.69) is 10.1 Å². The SMILES string of the molecule is N#Cc1ccnc(CON=C2CCN(S(=O)(=O)c3cccc(F)c3)CC2)c1. The molecule has 1 fully saturated rings. The molecule has 0 radical (unpaired) electrons. The van der Waals surface area contributed by atoms with Crippen molar-refractivity contribution in [3.63, 3.8) is 0 Å². The molecule has 140 valence electrons. The zero-order valence-electron chi connectivity index (χ0n) is 14.4. The van der Waals surface area contributed by atoms with Crippen LogP contribution in [0.25, 0.3) is 0 Å². The summed E-state index contributed by atoms with van der Waals surface area (Å²) in [5.74, 6) is -0.585. The topological polar surface area (TPSA) is 95.7 Å². The van der Waals surface area contributed by atoms with E-state index in [1.807, 2.05) is 6.07 Å². The lowest BCUT2D eigenvalue weighted by Gasteiger charge is -2.26. The largest absolute Gasteiger partial charge is 0.389 e. The second-order valence-corrected chi connectivity index (χ2v) is 7.88. The van der Waals surface area contributed by atoms with E-state index >= 15 is 0 Å². The van der Waals surface area contributed by atoms with E-state index in [1.165, 1.54) is 28.7 Å². The van der Waals surface area contributed by atoms with Gasteiger partial charge in [0.15, 0.2) is 6.61 Å². The molecular weight excluding hydrogens is 371 g/mol. The zero-order valence-corrected chi connectivity index (χ0v) is 15.2. The lowest BCUT2D eigenvalue weighted by molar-refractivity contribution is 0.125. The molecule has 1 saturated heterocycles. The molecule has 9 heteroatoms. The minimum Gasteiger partial charge on any atom is -0.389 e. The molecule has 2 heterocycles. The summed E-state index contributed by atoms with van der Waals surface area (Å²) in [7, 11) is -3.72. The molecule has 1 aromatic heterocycles. The molecule has 0 atom stereocenters. The van der Waals surface area contributed by atoms with Gasteiger partial charge in [-0.05, 0) is 30.3 Å². The third kappa shape index (κ3) is 4.67. The number of benzene rings is 1. The lowest BCUT2D eigenvalue weighted by atomic mass is 10.1. The minimum absolute atomic E-state index is 0.0532. The number of nitrogens with zero attached hydrogens (tertiary/aromatic N) is 4. The van der Waals surface area contributed by atoms with Crippen molar-refractivity contribution >= 4 is 15.7 Å². The number of sulfonamides is 1. The maximum atomic E-state index is 13.3. The normalized spacial score (nSPS) is 15.2. The summed E-state index contributed by atoms with van der Waals surface area (Å²) in [6, 6.07) is 10.2. The van der Waals surface area contributed by atoms with Crippen molar-refractivity contribution in [2.24, 2.45) is 5.16 Å². The van der Waals surface area contributed by atoms with E-state index in [0.29, 0.717) is 24.1 Å². The van der Waals surface area contributed by atoms with Gasteiger partial charge < -0.3 is 4.84 Å². The summed E-state index contributed by atoms with van der Waals surface area (Å²) in [4.78, 5) is 9.32. The van der Waals surface area contributed by atoms with Gasteiger partial charge in [-0.3, -0.25) is 4.98 Å². The molecule has 7 nitrogen and oxygen atoms in total. The van der Waals surface area contributed by atoms with Crippen LogP contribution in [-0.2, 0) is 21.5 Å². The standard InChI is InChI=1S/C18H17FN4O3S/c19-15-2-1-3-18(11-15)27(24,25)23-8-5-16(6-9-23)22-26-13-17-10-14(12-20)4-7-21-17/h1-4,7,10-11H,5-6,8-9,13H2. The highest BCUT2D eigenvalue weighted by Crippen LogP contribution is 2.20. The number of rotatable bonds is 5. The zero-order chi connectivity index (χ0) is 19.3. The van der Waals surface area contributed by atoms with Gasteiger partial charge in [-0.25, -0.2) is 12.8 Å². The van der Waals surface area contributed by atoms with Crippen LogP contribution in [0.4, 0.5) is 4.39 Å². The molecule has 2 aromatic rings. The molecule has 0 amide bonds. The average molecular weight is 388 g/mol. The van der Waals surface area contributed by atoms with Gasteiger partial charge in [-0.2, -0.15) is 9.57 Å². The number of halogens is 1. The molecule has 27 heavy (non-hydrogen) atoms. The van der Waals surface area contributed by atoms with Crippen LogP contribution in [0.3, 0.4) is 0 Å². The Balaban J connectivity index is 1.57. The van der Waals surface area contributed by atoms with Gasteiger partial charge in [0, 0.05) is 32.1 Å². The van der Waals surface area contributed by atoms with Crippen molar-refractivity contribution in [1.29, 1.82) is 5.26 Å². The fourth-order valence-electron chi connectivity index (χ4n) is 2.67. The van der Waals surface area contributed by atoms with Crippen LogP contribution in [-0.4, -0.2) is 36.5 Å². The first-order chi connectivity index (χ1) is 13.0. The van der Waals surface area contributed by atoms with E-state index in [9.17, 15) is 12.8 Å². The molecule has 1 aliphatic heterocycles. The predicted octanol–water partition coefficient (Wildman–Crippen LogP) is 2.45. The highest BCUT2D eigenvalue weighted by atomic mass is 32.2. The van der Waals surface area contributed by atoms with Gasteiger partial charge in [-0.1, -0.05) is 11.2 Å². The maximum absolute atomic E-state index is 13.3. The molecule has 0 bridgehead atoms. The van der Waals surface area contributed by atoms with Gasteiger partial charge in [-0.15, -0.1) is 0 Å². The van der Waals surface area contributed by atoms with Crippen LogP contribution < -0.4 is 0 Å². The Labute approximate surface area is 156 Å². The molecule has 1 aromatic carbocycles. The van der Waals surface area contributed by atoms with Crippen molar-refractivity contribution in [2.45, 2.75) is 24.3 Å². The summed E-state index contributed by atoms with van der Waals surface area (Å²) < 4.78 is 39.7. The van der Waals surface area contributed by atoms with E-state index in [-0.39, 0.29) is 24.6 Å². The van der Waals surface area contributed by atoms with Gasteiger partial charge in [0.05, 0.1) is 27.9 Å². The second-order valence-electron chi connectivity index (χ2n) is 5.94. The quantitative estimate of drug-likeness (QED) is 0.733. The fourth-order valence-corrected chi connectivity index (χ4v) is 4.14. The van der Waals surface area contributed by atoms with Crippen molar-refractivity contribution in [2.75, 3.05) is 13.1 Å². The van der Waals surface area contributed by atoms with Crippen molar-refractivity contribution in [3.8, 4) is 6.07 Å². The maximum Gasteiger partial charge on any atom is 0.243 e. The number of aromatic nitrogens is 1. The first-order valence-corrected chi connectivity index (χ1v) is 9.71. The molecule has 1 aliphatic rings. The van der Waals surface area contributed by atoms with Crippen LogP contribution in [0.1, 0.15) is 24.1 Å². The first-order valence-electron chi connectivity index (χ1n) is 8.27. The highest BCUT2D eigenvalue weighted by Gasteiger charge is 2.28. The summed E-state index contributed by atoms with van der Waals surface area (Å²) in [6.45, 7) is 0.636. The second kappa shape index (κ2) is 8.24. The number of piperidine rings is 1. The molecule has 0 saturated carbocycles. The van der Waals surface area contributed by atoms with E-state index in [4.69, 9.17) is 10.1 Å². The Bertz CT molecular complexity index is 992. The number of hydrogen-bond donors (Lipinski definition) is 0. The van der Waals surface area contributed by atoms with E-state index in [0.717, 1.165) is 11.8 Å². The molecule has 3 rings (SSSR count). The van der Waals surface area contributed by atoms with Crippen LogP contribution in [0.15, 0.2) is 52.6 Å². The summed E-state index contributed by atoms with van der Waals surface area (Å²) in [5, 5.41) is 12.9. The van der Waals surface area contributed by atoms with Gasteiger partial charge in [0.2, 0.25) is 10.0 Å². The predicted molar refractivity (Wildman–Crippen MR) is 95.6 cm³/mol. The number of oxime groups is 1.